The average Bonchev–Trinajstić information content (AvgIpc) is 2.83. The van der Waals surface area contributed by atoms with E-state index in [9.17, 15) is 9.59 Å². The lowest BCUT2D eigenvalue weighted by Crippen LogP contribution is -2.26. The van der Waals surface area contributed by atoms with Crippen LogP contribution < -0.4 is 11.3 Å². The van der Waals surface area contributed by atoms with Crippen LogP contribution in [0.15, 0.2) is 28.2 Å². The Balaban J connectivity index is 2.36. The Bertz CT molecular complexity index is 1080. The Hall–Kier alpha value is -2.12. The van der Waals surface area contributed by atoms with Crippen molar-refractivity contribution < 1.29 is 4.79 Å². The zero-order valence-corrected chi connectivity index (χ0v) is 17.0. The van der Waals surface area contributed by atoms with Crippen LogP contribution >= 0.6 is 23.1 Å². The number of carbonyl (C=O) groups excluding carboxylic acids is 1. The van der Waals surface area contributed by atoms with Crippen LogP contribution in [0.25, 0.3) is 15.9 Å². The van der Waals surface area contributed by atoms with E-state index in [-0.39, 0.29) is 5.56 Å². The number of aryl methyl sites for hydroxylation is 4. The van der Waals surface area contributed by atoms with Crippen molar-refractivity contribution in [1.82, 2.24) is 9.55 Å². The SMILES string of the molecule is Cc1ccc(-n2c(S[C@H](C)C(N)=O)nc3sc(C)c(C)c3c2=O)c(C)c1. The predicted octanol–water partition coefficient (Wildman–Crippen LogP) is 3.65. The quantitative estimate of drug-likeness (QED) is 0.547. The van der Waals surface area contributed by atoms with Gasteiger partial charge >= 0.3 is 0 Å². The van der Waals surface area contributed by atoms with Crippen LogP contribution in [0.1, 0.15) is 28.5 Å². The molecule has 1 amide bonds. The van der Waals surface area contributed by atoms with Crippen molar-refractivity contribution in [3.8, 4) is 5.69 Å². The molecule has 2 N–H and O–H groups in total. The first-order valence-corrected chi connectivity index (χ1v) is 9.96. The highest BCUT2D eigenvalue weighted by atomic mass is 32.2. The molecule has 0 saturated heterocycles. The first-order chi connectivity index (χ1) is 12.2. The molecule has 2 heterocycles. The number of thioether (sulfide) groups is 1. The summed E-state index contributed by atoms with van der Waals surface area (Å²) < 4.78 is 1.61. The van der Waals surface area contributed by atoms with Gasteiger partial charge in [-0.3, -0.25) is 14.2 Å². The summed E-state index contributed by atoms with van der Waals surface area (Å²) in [6.45, 7) is 9.64. The molecule has 136 valence electrons. The number of primary amides is 1. The Morgan fingerprint density at radius 1 is 1.27 bits per heavy atom. The maximum Gasteiger partial charge on any atom is 0.267 e. The van der Waals surface area contributed by atoms with Gasteiger partial charge in [-0.2, -0.15) is 0 Å². The van der Waals surface area contributed by atoms with E-state index in [1.54, 1.807) is 11.5 Å². The highest BCUT2D eigenvalue weighted by Crippen LogP contribution is 2.31. The van der Waals surface area contributed by atoms with Gasteiger partial charge in [-0.15, -0.1) is 11.3 Å². The van der Waals surface area contributed by atoms with Gasteiger partial charge in [-0.25, -0.2) is 4.98 Å². The molecule has 0 saturated carbocycles. The van der Waals surface area contributed by atoms with Crippen molar-refractivity contribution in [3.05, 3.63) is 50.1 Å². The van der Waals surface area contributed by atoms with Gasteiger partial charge in [0.2, 0.25) is 5.91 Å². The van der Waals surface area contributed by atoms with E-state index < -0.39 is 11.2 Å². The molecule has 0 radical (unpaired) electrons. The highest BCUT2D eigenvalue weighted by molar-refractivity contribution is 8.00. The minimum atomic E-state index is -0.487. The molecule has 0 bridgehead atoms. The van der Waals surface area contributed by atoms with Gasteiger partial charge < -0.3 is 5.73 Å². The average molecular weight is 388 g/mol. The minimum Gasteiger partial charge on any atom is -0.369 e. The lowest BCUT2D eigenvalue weighted by Gasteiger charge is -2.16. The maximum atomic E-state index is 13.4. The second-order valence-corrected chi connectivity index (χ2v) is 8.96. The van der Waals surface area contributed by atoms with Gasteiger partial charge in [-0.05, 0) is 51.8 Å². The molecule has 1 aromatic carbocycles. The fourth-order valence-corrected chi connectivity index (χ4v) is 4.78. The monoisotopic (exact) mass is 387 g/mol. The number of aromatic nitrogens is 2. The largest absolute Gasteiger partial charge is 0.369 e. The maximum absolute atomic E-state index is 13.4. The van der Waals surface area contributed by atoms with Crippen molar-refractivity contribution in [2.24, 2.45) is 5.73 Å². The van der Waals surface area contributed by atoms with E-state index in [1.165, 1.54) is 23.1 Å². The number of nitrogens with zero attached hydrogens (tertiary/aromatic N) is 2. The fraction of sp³-hybridized carbons (Fsp3) is 0.316. The summed E-state index contributed by atoms with van der Waals surface area (Å²) in [6.07, 6.45) is 0. The number of thiophene rings is 1. The normalized spacial score (nSPS) is 12.5. The van der Waals surface area contributed by atoms with Crippen LogP contribution in [0.2, 0.25) is 0 Å². The Kier molecular flexibility index (Phi) is 4.94. The first-order valence-electron chi connectivity index (χ1n) is 8.27. The molecule has 1 atom stereocenters. The molecule has 0 aliphatic rings. The number of hydrogen-bond donors (Lipinski definition) is 1. The number of fused-ring (bicyclic) bond motifs is 1. The minimum absolute atomic E-state index is 0.108. The molecule has 26 heavy (non-hydrogen) atoms. The lowest BCUT2D eigenvalue weighted by atomic mass is 10.1. The predicted molar refractivity (Wildman–Crippen MR) is 109 cm³/mol. The zero-order valence-electron chi connectivity index (χ0n) is 15.4. The van der Waals surface area contributed by atoms with Crippen LogP contribution in [0.3, 0.4) is 0 Å². The van der Waals surface area contributed by atoms with Gasteiger partial charge in [0.25, 0.3) is 5.56 Å². The third-order valence-electron chi connectivity index (χ3n) is 4.45. The second kappa shape index (κ2) is 6.89. The summed E-state index contributed by atoms with van der Waals surface area (Å²) in [4.78, 5) is 31.4. The summed E-state index contributed by atoms with van der Waals surface area (Å²) in [6, 6.07) is 5.92. The third-order valence-corrected chi connectivity index (χ3v) is 6.62. The first kappa shape index (κ1) is 18.7. The van der Waals surface area contributed by atoms with Crippen LogP contribution in [-0.2, 0) is 4.79 Å². The topological polar surface area (TPSA) is 78.0 Å². The van der Waals surface area contributed by atoms with Crippen LogP contribution in [-0.4, -0.2) is 20.7 Å². The summed E-state index contributed by atoms with van der Waals surface area (Å²) in [7, 11) is 0. The Labute approximate surface area is 160 Å². The smallest absolute Gasteiger partial charge is 0.267 e. The van der Waals surface area contributed by atoms with Crippen molar-refractivity contribution in [3.63, 3.8) is 0 Å². The van der Waals surface area contributed by atoms with Crippen LogP contribution in [0.5, 0.6) is 0 Å². The van der Waals surface area contributed by atoms with Gasteiger partial charge in [0, 0.05) is 4.88 Å². The number of amides is 1. The summed E-state index contributed by atoms with van der Waals surface area (Å²) in [5.41, 5.74) is 9.15. The van der Waals surface area contributed by atoms with E-state index in [0.29, 0.717) is 15.4 Å². The second-order valence-electron chi connectivity index (χ2n) is 6.45. The molecule has 0 aliphatic carbocycles. The van der Waals surface area contributed by atoms with E-state index in [0.717, 1.165) is 27.3 Å². The lowest BCUT2D eigenvalue weighted by molar-refractivity contribution is -0.117. The number of nitrogens with two attached hydrogens (primary N) is 1. The summed E-state index contributed by atoms with van der Waals surface area (Å²) >= 11 is 2.71. The van der Waals surface area contributed by atoms with E-state index in [4.69, 9.17) is 10.7 Å². The number of carbonyl (C=O) groups is 1. The molecule has 0 aliphatic heterocycles. The molecule has 0 spiro atoms. The van der Waals surface area contributed by atoms with E-state index in [1.807, 2.05) is 45.9 Å². The number of rotatable bonds is 4. The van der Waals surface area contributed by atoms with Crippen molar-refractivity contribution in [2.75, 3.05) is 0 Å². The molecule has 3 rings (SSSR count). The summed E-state index contributed by atoms with van der Waals surface area (Å²) in [5.74, 6) is -0.435. The molecular weight excluding hydrogens is 366 g/mol. The van der Waals surface area contributed by atoms with Crippen LogP contribution in [0, 0.1) is 27.7 Å². The molecule has 3 aromatic rings. The van der Waals surface area contributed by atoms with Crippen molar-refractivity contribution in [2.45, 2.75) is 45.0 Å². The summed E-state index contributed by atoms with van der Waals surface area (Å²) in [5, 5.41) is 0.643. The van der Waals surface area contributed by atoms with Gasteiger partial charge in [-0.1, -0.05) is 29.5 Å². The molecule has 0 unspecified atom stereocenters. The molecular formula is C19H21N3O2S2. The van der Waals surface area contributed by atoms with Gasteiger partial charge in [0.05, 0.1) is 16.3 Å². The van der Waals surface area contributed by atoms with Crippen molar-refractivity contribution in [1.29, 1.82) is 0 Å². The van der Waals surface area contributed by atoms with Crippen molar-refractivity contribution >= 4 is 39.2 Å². The number of benzene rings is 1. The standard InChI is InChI=1S/C19H21N3O2S2/c1-9-6-7-14(10(2)8-9)22-18(24)15-11(3)12(4)25-17(15)21-19(22)26-13(5)16(20)23/h6-8,13H,1-5H3,(H2,20,23)/t13-/m1/s1. The zero-order chi connectivity index (χ0) is 19.2. The Morgan fingerprint density at radius 2 is 1.96 bits per heavy atom. The molecule has 0 fully saturated rings. The van der Waals surface area contributed by atoms with E-state index in [2.05, 4.69) is 0 Å². The third kappa shape index (κ3) is 3.17. The fourth-order valence-electron chi connectivity index (χ4n) is 2.84. The number of hydrogen-bond acceptors (Lipinski definition) is 5. The van der Waals surface area contributed by atoms with Gasteiger partial charge in [0.1, 0.15) is 4.83 Å². The molecule has 7 heteroatoms. The van der Waals surface area contributed by atoms with E-state index >= 15 is 0 Å². The highest BCUT2D eigenvalue weighted by Gasteiger charge is 2.21. The molecule has 5 nitrogen and oxygen atoms in total. The Morgan fingerprint density at radius 3 is 2.58 bits per heavy atom. The van der Waals surface area contributed by atoms with Crippen LogP contribution in [0.4, 0.5) is 0 Å². The molecule has 2 aromatic heterocycles. The van der Waals surface area contributed by atoms with Gasteiger partial charge in [0.15, 0.2) is 5.16 Å².